The predicted octanol–water partition coefficient (Wildman–Crippen LogP) is 8.00. The molecular formula is C32H36BrClN2O3S2. The van der Waals surface area contributed by atoms with Crippen LogP contribution >= 0.6 is 39.3 Å². The Bertz CT molecular complexity index is 1680. The number of rotatable bonds is 5. The molecule has 7 rings (SSSR count). The van der Waals surface area contributed by atoms with Crippen LogP contribution in [-0.4, -0.2) is 41.2 Å². The van der Waals surface area contributed by atoms with Gasteiger partial charge in [-0.25, -0.2) is 12.7 Å². The number of sulfonamides is 1. The van der Waals surface area contributed by atoms with Gasteiger partial charge >= 0.3 is 0 Å². The number of benzene rings is 2. The average molecular weight is 676 g/mol. The van der Waals surface area contributed by atoms with Crippen LogP contribution in [0.5, 0.6) is 0 Å². The quantitative estimate of drug-likeness (QED) is 0.257. The summed E-state index contributed by atoms with van der Waals surface area (Å²) in [5.41, 5.74) is 4.49. The molecule has 1 aliphatic heterocycles. The number of halogens is 2. The summed E-state index contributed by atoms with van der Waals surface area (Å²) in [6, 6.07) is 12.2. The molecule has 2 bridgehead atoms. The summed E-state index contributed by atoms with van der Waals surface area (Å²) >= 11 is 11.7. The van der Waals surface area contributed by atoms with Crippen molar-refractivity contribution in [1.29, 1.82) is 0 Å². The molecule has 1 spiro atoms. The van der Waals surface area contributed by atoms with Gasteiger partial charge in [0.1, 0.15) is 0 Å². The number of carbonyl (C=O) groups is 1. The Morgan fingerprint density at radius 3 is 2.63 bits per heavy atom. The van der Waals surface area contributed by atoms with E-state index in [1.807, 2.05) is 12.1 Å². The molecule has 3 fully saturated rings. The van der Waals surface area contributed by atoms with Crippen LogP contribution in [0.25, 0.3) is 10.9 Å². The average Bonchev–Trinajstić information content (AvgIpc) is 3.52. The van der Waals surface area contributed by atoms with E-state index in [1.54, 1.807) is 11.8 Å². The summed E-state index contributed by atoms with van der Waals surface area (Å²) in [4.78, 5) is 15.4. The second kappa shape index (κ2) is 9.76. The summed E-state index contributed by atoms with van der Waals surface area (Å²) in [6.07, 6.45) is 7.96. The lowest BCUT2D eigenvalue weighted by molar-refractivity contribution is -0.129. The molecule has 4 atom stereocenters. The van der Waals surface area contributed by atoms with E-state index in [0.717, 1.165) is 48.6 Å². The number of amides is 1. The van der Waals surface area contributed by atoms with Crippen molar-refractivity contribution in [2.75, 3.05) is 12.0 Å². The maximum atomic E-state index is 14.2. The maximum absolute atomic E-state index is 14.2. The van der Waals surface area contributed by atoms with Gasteiger partial charge in [0.15, 0.2) is 0 Å². The van der Waals surface area contributed by atoms with Gasteiger partial charge in [-0.2, -0.15) is 0 Å². The minimum atomic E-state index is -3.64. The first-order valence-electron chi connectivity index (χ1n) is 14.6. The van der Waals surface area contributed by atoms with Gasteiger partial charge in [-0.15, -0.1) is 11.8 Å². The molecule has 1 saturated heterocycles. The lowest BCUT2D eigenvalue weighted by atomic mass is 9.69. The fourth-order valence-corrected chi connectivity index (χ4v) is 13.1. The third-order valence-electron chi connectivity index (χ3n) is 11.2. The van der Waals surface area contributed by atoms with Gasteiger partial charge in [0, 0.05) is 49.8 Å². The van der Waals surface area contributed by atoms with Gasteiger partial charge < -0.3 is 4.57 Å². The molecule has 4 aliphatic rings. The zero-order valence-corrected chi connectivity index (χ0v) is 27.7. The number of aromatic nitrogens is 1. The van der Waals surface area contributed by atoms with Crippen molar-refractivity contribution < 1.29 is 13.2 Å². The zero-order valence-electron chi connectivity index (χ0n) is 23.8. The van der Waals surface area contributed by atoms with Crippen LogP contribution in [0.1, 0.15) is 75.1 Å². The molecule has 0 radical (unpaired) electrons. The summed E-state index contributed by atoms with van der Waals surface area (Å²) < 4.78 is 32.1. The van der Waals surface area contributed by atoms with Crippen molar-refractivity contribution in [1.82, 2.24) is 8.87 Å². The fourth-order valence-electron chi connectivity index (χ4n) is 9.10. The number of carbonyl (C=O) groups excluding carboxylic acids is 1. The van der Waals surface area contributed by atoms with E-state index in [4.69, 9.17) is 11.6 Å². The van der Waals surface area contributed by atoms with Gasteiger partial charge in [0.25, 0.3) is 0 Å². The van der Waals surface area contributed by atoms with E-state index >= 15 is 0 Å². The van der Waals surface area contributed by atoms with E-state index < -0.39 is 10.0 Å². The standard InChI is InChI=1S/C32H36BrClN2O3S2/c1-31(2)21-11-12-32(31)18-41(38,39)36(27(32)14-21)28(37)13-20-5-4-6-24-25-15-22(33)16-26(40-3)30(25)35(29(20)24)17-19-7-9-23(34)10-8-19/h7-10,15-16,20-21,27H,4-6,11-14,17-18H2,1-3H3/t20-,21+,27+,32+/m1/s1. The molecule has 1 aromatic heterocycles. The monoisotopic (exact) mass is 674 g/mol. The van der Waals surface area contributed by atoms with Gasteiger partial charge in [-0.1, -0.05) is 53.5 Å². The molecule has 0 N–H and O–H groups in total. The third-order valence-corrected chi connectivity index (χ3v) is 14.6. The Morgan fingerprint density at radius 1 is 1.17 bits per heavy atom. The van der Waals surface area contributed by atoms with E-state index in [0.29, 0.717) is 17.5 Å². The normalized spacial score (nSPS) is 29.2. The number of hydrogen-bond acceptors (Lipinski definition) is 4. The first kappa shape index (κ1) is 28.3. The molecule has 218 valence electrons. The highest BCUT2D eigenvalue weighted by Gasteiger charge is 2.72. The van der Waals surface area contributed by atoms with Crippen LogP contribution in [0, 0.1) is 16.7 Å². The van der Waals surface area contributed by atoms with Crippen LogP contribution < -0.4 is 0 Å². The zero-order chi connectivity index (χ0) is 28.9. The Balaban J connectivity index is 1.30. The van der Waals surface area contributed by atoms with Gasteiger partial charge in [-0.05, 0) is 91.5 Å². The Morgan fingerprint density at radius 2 is 1.93 bits per heavy atom. The molecule has 5 nitrogen and oxygen atoms in total. The van der Waals surface area contributed by atoms with Crippen molar-refractivity contribution >= 4 is 66.1 Å². The van der Waals surface area contributed by atoms with Crippen LogP contribution in [0.3, 0.4) is 0 Å². The molecular weight excluding hydrogens is 640 g/mol. The predicted molar refractivity (Wildman–Crippen MR) is 170 cm³/mol. The molecule has 3 aromatic rings. The third kappa shape index (κ3) is 4.13. The van der Waals surface area contributed by atoms with Crippen molar-refractivity contribution in [2.24, 2.45) is 16.7 Å². The smallest absolute Gasteiger partial charge is 0.238 e. The van der Waals surface area contributed by atoms with E-state index in [1.165, 1.54) is 31.4 Å². The SMILES string of the molecule is CSc1cc(Br)cc2c3c(n(Cc4ccc(Cl)cc4)c12)[C@@H](CC(=O)N1[C@H]2C[C@@H]4CC[C@@]2(CS1(=O)=O)C4(C)C)CCC3. The highest BCUT2D eigenvalue weighted by molar-refractivity contribution is 9.10. The molecule has 9 heteroatoms. The van der Waals surface area contributed by atoms with Crippen LogP contribution in [0.4, 0.5) is 0 Å². The van der Waals surface area contributed by atoms with Crippen molar-refractivity contribution in [3.63, 3.8) is 0 Å². The Kier molecular flexibility index (Phi) is 6.74. The highest BCUT2D eigenvalue weighted by Crippen LogP contribution is 2.70. The molecule has 2 saturated carbocycles. The largest absolute Gasteiger partial charge is 0.339 e. The number of aryl methyl sites for hydroxylation is 1. The van der Waals surface area contributed by atoms with Gasteiger partial charge in [-0.3, -0.25) is 4.79 Å². The van der Waals surface area contributed by atoms with Crippen molar-refractivity contribution in [2.45, 2.75) is 82.2 Å². The second-order valence-electron chi connectivity index (χ2n) is 13.2. The van der Waals surface area contributed by atoms with Gasteiger partial charge in [0.05, 0.1) is 17.3 Å². The minimum absolute atomic E-state index is 0.0298. The first-order valence-corrected chi connectivity index (χ1v) is 18.7. The van der Waals surface area contributed by atoms with Crippen LogP contribution in [0.2, 0.25) is 5.02 Å². The first-order chi connectivity index (χ1) is 19.5. The Labute approximate surface area is 260 Å². The fraction of sp³-hybridized carbons (Fsp3) is 0.531. The number of hydrogen-bond donors (Lipinski definition) is 0. The lowest BCUT2D eigenvalue weighted by Gasteiger charge is -2.37. The lowest BCUT2D eigenvalue weighted by Crippen LogP contribution is -2.44. The molecule has 3 aliphatic carbocycles. The topological polar surface area (TPSA) is 59.4 Å². The number of nitrogens with zero attached hydrogens (tertiary/aromatic N) is 2. The van der Waals surface area contributed by atoms with Gasteiger partial charge in [0.2, 0.25) is 15.9 Å². The van der Waals surface area contributed by atoms with E-state index in [-0.39, 0.29) is 40.9 Å². The maximum Gasteiger partial charge on any atom is 0.238 e. The second-order valence-corrected chi connectivity index (χ2v) is 17.2. The molecule has 0 unspecified atom stereocenters. The Hall–Kier alpha value is -1.48. The molecule has 41 heavy (non-hydrogen) atoms. The molecule has 2 heterocycles. The molecule has 2 aromatic carbocycles. The highest BCUT2D eigenvalue weighted by atomic mass is 79.9. The summed E-state index contributed by atoms with van der Waals surface area (Å²) in [7, 11) is -3.64. The summed E-state index contributed by atoms with van der Waals surface area (Å²) in [5.74, 6) is 0.378. The summed E-state index contributed by atoms with van der Waals surface area (Å²) in [5, 5.41) is 1.94. The minimum Gasteiger partial charge on any atom is -0.339 e. The molecule has 1 amide bonds. The van der Waals surface area contributed by atoms with Crippen LogP contribution in [-0.2, 0) is 27.8 Å². The van der Waals surface area contributed by atoms with E-state index in [9.17, 15) is 13.2 Å². The van der Waals surface area contributed by atoms with Crippen LogP contribution in [0.15, 0.2) is 45.8 Å². The van der Waals surface area contributed by atoms with Crippen molar-refractivity contribution in [3.05, 3.63) is 62.7 Å². The summed E-state index contributed by atoms with van der Waals surface area (Å²) in [6.45, 7) is 5.14. The number of fused-ring (bicyclic) bond motifs is 4. The van der Waals surface area contributed by atoms with E-state index in [2.05, 4.69) is 64.9 Å². The number of thioether (sulfide) groups is 1. The van der Waals surface area contributed by atoms with Crippen molar-refractivity contribution in [3.8, 4) is 0 Å².